The Morgan fingerprint density at radius 3 is 1.60 bits per heavy atom. The van der Waals surface area contributed by atoms with Crippen LogP contribution in [0.2, 0.25) is 0 Å². The summed E-state index contributed by atoms with van der Waals surface area (Å²) in [6.45, 7) is 3.36. The molecule has 0 aromatic heterocycles. The zero-order chi connectivity index (χ0) is 11.8. The Morgan fingerprint density at radius 1 is 1.00 bits per heavy atom. The van der Waals surface area contributed by atoms with Gasteiger partial charge in [-0.1, -0.05) is 45.7 Å². The normalized spacial score (nSPS) is 14.1. The molecule has 0 N–H and O–H groups in total. The van der Waals surface area contributed by atoms with Gasteiger partial charge in [0, 0.05) is 0 Å². The van der Waals surface area contributed by atoms with Crippen molar-refractivity contribution in [3.8, 4) is 0 Å². The Kier molecular flexibility index (Phi) is 8.04. The third-order valence-corrected chi connectivity index (χ3v) is 3.67. The van der Waals surface area contributed by atoms with E-state index in [0.29, 0.717) is 12.8 Å². The first kappa shape index (κ1) is 14.9. The maximum absolute atomic E-state index is 11.1. The molecule has 0 aromatic carbocycles. The molecule has 0 saturated heterocycles. The van der Waals surface area contributed by atoms with Gasteiger partial charge in [-0.3, -0.25) is 9.59 Å². The van der Waals surface area contributed by atoms with Crippen LogP contribution in [0.1, 0.15) is 26.7 Å². The lowest BCUT2D eigenvalue weighted by molar-refractivity contribution is -0.166. The molecule has 0 fully saturated rings. The Bertz CT molecular complexity index is 198. The van der Waals surface area contributed by atoms with Crippen LogP contribution in [-0.4, -0.2) is 28.4 Å². The molecule has 15 heavy (non-hydrogen) atoms. The highest BCUT2D eigenvalue weighted by molar-refractivity contribution is 9.10. The SMILES string of the molecule is CCC(Br)C(=O)OCOC(=O)C(Br)CC. The molecular formula is C9H14Br2O4. The number of hydrogen-bond donors (Lipinski definition) is 0. The Hall–Kier alpha value is -0.100. The molecule has 0 aliphatic carbocycles. The Labute approximate surface area is 106 Å². The summed E-state index contributed by atoms with van der Waals surface area (Å²) in [6.07, 6.45) is 1.26. The third kappa shape index (κ3) is 6.14. The monoisotopic (exact) mass is 344 g/mol. The van der Waals surface area contributed by atoms with Crippen LogP contribution < -0.4 is 0 Å². The summed E-state index contributed by atoms with van der Waals surface area (Å²) in [4.78, 5) is 21.6. The second kappa shape index (κ2) is 8.10. The van der Waals surface area contributed by atoms with Crippen molar-refractivity contribution >= 4 is 43.8 Å². The van der Waals surface area contributed by atoms with Gasteiger partial charge >= 0.3 is 11.9 Å². The zero-order valence-corrected chi connectivity index (χ0v) is 11.8. The Morgan fingerprint density at radius 2 is 1.33 bits per heavy atom. The number of rotatable bonds is 6. The summed E-state index contributed by atoms with van der Waals surface area (Å²) in [5.41, 5.74) is 0. The molecule has 0 aromatic rings. The van der Waals surface area contributed by atoms with E-state index < -0.39 is 11.9 Å². The molecule has 0 bridgehead atoms. The van der Waals surface area contributed by atoms with E-state index in [9.17, 15) is 9.59 Å². The van der Waals surface area contributed by atoms with E-state index >= 15 is 0 Å². The molecule has 2 atom stereocenters. The molecule has 0 amide bonds. The van der Waals surface area contributed by atoms with Gasteiger partial charge in [0.25, 0.3) is 0 Å². The lowest BCUT2D eigenvalue weighted by Crippen LogP contribution is -2.22. The van der Waals surface area contributed by atoms with Gasteiger partial charge in [-0.15, -0.1) is 0 Å². The fraction of sp³-hybridized carbons (Fsp3) is 0.778. The molecule has 0 saturated carbocycles. The van der Waals surface area contributed by atoms with Gasteiger partial charge in [-0.2, -0.15) is 0 Å². The number of ether oxygens (including phenoxy) is 2. The van der Waals surface area contributed by atoms with E-state index in [0.717, 1.165) is 0 Å². The van der Waals surface area contributed by atoms with E-state index in [1.807, 2.05) is 13.8 Å². The molecule has 0 radical (unpaired) electrons. The first-order valence-corrected chi connectivity index (χ1v) is 6.47. The topological polar surface area (TPSA) is 52.6 Å². The van der Waals surface area contributed by atoms with Gasteiger partial charge in [0.2, 0.25) is 6.79 Å². The molecule has 6 heteroatoms. The zero-order valence-electron chi connectivity index (χ0n) is 8.66. The maximum Gasteiger partial charge on any atom is 0.322 e. The highest BCUT2D eigenvalue weighted by Gasteiger charge is 2.17. The Balaban J connectivity index is 3.70. The van der Waals surface area contributed by atoms with Crippen LogP contribution in [0.15, 0.2) is 0 Å². The van der Waals surface area contributed by atoms with Crippen LogP contribution in [0.4, 0.5) is 0 Å². The van der Waals surface area contributed by atoms with Gasteiger partial charge < -0.3 is 9.47 Å². The van der Waals surface area contributed by atoms with Crippen molar-refractivity contribution in [1.82, 2.24) is 0 Å². The summed E-state index contributed by atoms with van der Waals surface area (Å²) < 4.78 is 9.42. The van der Waals surface area contributed by atoms with Crippen molar-refractivity contribution in [3.05, 3.63) is 0 Å². The van der Waals surface area contributed by atoms with Crippen LogP contribution in [0.3, 0.4) is 0 Å². The number of carbonyl (C=O) groups is 2. The highest BCUT2D eigenvalue weighted by atomic mass is 79.9. The van der Waals surface area contributed by atoms with Crippen molar-refractivity contribution in [2.45, 2.75) is 36.3 Å². The molecule has 88 valence electrons. The first-order chi connectivity index (χ1) is 7.02. The second-order valence-electron chi connectivity index (χ2n) is 2.80. The standard InChI is InChI=1S/C9H14Br2O4/c1-3-6(10)8(12)14-5-15-9(13)7(11)4-2/h6-7H,3-5H2,1-2H3. The first-order valence-electron chi connectivity index (χ1n) is 4.64. The smallest absolute Gasteiger partial charge is 0.322 e. The fourth-order valence-electron chi connectivity index (χ4n) is 0.660. The molecule has 0 aliphatic heterocycles. The summed E-state index contributed by atoms with van der Waals surface area (Å²) in [5, 5.41) is 0. The number of alkyl halides is 2. The third-order valence-electron chi connectivity index (χ3n) is 1.63. The number of esters is 2. The van der Waals surface area contributed by atoms with Crippen LogP contribution in [0.25, 0.3) is 0 Å². The van der Waals surface area contributed by atoms with Crippen LogP contribution >= 0.6 is 31.9 Å². The maximum atomic E-state index is 11.1. The van der Waals surface area contributed by atoms with E-state index in [2.05, 4.69) is 31.9 Å². The number of carbonyl (C=O) groups excluding carboxylic acids is 2. The number of hydrogen-bond acceptors (Lipinski definition) is 4. The van der Waals surface area contributed by atoms with E-state index in [1.165, 1.54) is 0 Å². The summed E-state index contributed by atoms with van der Waals surface area (Å²) in [5.74, 6) is -0.846. The number of halogens is 2. The van der Waals surface area contributed by atoms with Crippen molar-refractivity contribution in [2.75, 3.05) is 6.79 Å². The lowest BCUT2D eigenvalue weighted by atomic mass is 10.3. The molecule has 2 unspecified atom stereocenters. The fourth-order valence-corrected chi connectivity index (χ4v) is 0.924. The highest BCUT2D eigenvalue weighted by Crippen LogP contribution is 2.08. The summed E-state index contributed by atoms with van der Waals surface area (Å²) in [7, 11) is 0. The van der Waals surface area contributed by atoms with Crippen LogP contribution in [0, 0.1) is 0 Å². The molecule has 4 nitrogen and oxygen atoms in total. The van der Waals surface area contributed by atoms with Gasteiger partial charge in [0.15, 0.2) is 0 Å². The quantitative estimate of drug-likeness (QED) is 0.421. The minimum atomic E-state index is -0.423. The van der Waals surface area contributed by atoms with Gasteiger partial charge in [-0.05, 0) is 12.8 Å². The van der Waals surface area contributed by atoms with E-state index in [4.69, 9.17) is 9.47 Å². The molecule has 0 aliphatic rings. The lowest BCUT2D eigenvalue weighted by Gasteiger charge is -2.10. The average Bonchev–Trinajstić information content (AvgIpc) is 2.26. The van der Waals surface area contributed by atoms with Gasteiger partial charge in [0.05, 0.1) is 0 Å². The molecule has 0 heterocycles. The van der Waals surface area contributed by atoms with Crippen LogP contribution in [-0.2, 0) is 19.1 Å². The van der Waals surface area contributed by atoms with E-state index in [-0.39, 0.29) is 16.4 Å². The van der Waals surface area contributed by atoms with Crippen molar-refractivity contribution < 1.29 is 19.1 Å². The van der Waals surface area contributed by atoms with Crippen LogP contribution in [0.5, 0.6) is 0 Å². The second-order valence-corrected chi connectivity index (χ2v) is 5.01. The minimum Gasteiger partial charge on any atom is -0.427 e. The summed E-state index contributed by atoms with van der Waals surface area (Å²) in [6, 6.07) is 0. The molecule has 0 rings (SSSR count). The van der Waals surface area contributed by atoms with E-state index in [1.54, 1.807) is 0 Å². The predicted octanol–water partition coefficient (Wildman–Crippen LogP) is 2.38. The van der Waals surface area contributed by atoms with Crippen molar-refractivity contribution in [3.63, 3.8) is 0 Å². The van der Waals surface area contributed by atoms with Crippen molar-refractivity contribution in [2.24, 2.45) is 0 Å². The minimum absolute atomic E-state index is 0.331. The van der Waals surface area contributed by atoms with Crippen molar-refractivity contribution in [1.29, 1.82) is 0 Å². The summed E-state index contributed by atoms with van der Waals surface area (Å²) >= 11 is 6.26. The molecule has 0 spiro atoms. The predicted molar refractivity (Wildman–Crippen MR) is 63.1 cm³/mol. The molecular weight excluding hydrogens is 332 g/mol. The average molecular weight is 346 g/mol. The van der Waals surface area contributed by atoms with Gasteiger partial charge in [0.1, 0.15) is 9.65 Å². The largest absolute Gasteiger partial charge is 0.427 e. The van der Waals surface area contributed by atoms with Gasteiger partial charge in [-0.25, -0.2) is 0 Å².